The van der Waals surface area contributed by atoms with Gasteiger partial charge >= 0.3 is 6.03 Å². The van der Waals surface area contributed by atoms with Gasteiger partial charge in [0.2, 0.25) is 0 Å². The van der Waals surface area contributed by atoms with E-state index >= 15 is 0 Å². The van der Waals surface area contributed by atoms with Crippen molar-refractivity contribution in [2.24, 2.45) is 0 Å². The summed E-state index contributed by atoms with van der Waals surface area (Å²) in [5, 5.41) is 3.19. The summed E-state index contributed by atoms with van der Waals surface area (Å²) in [6, 6.07) is 8.21. The molecular weight excluding hydrogens is 354 g/mol. The highest BCUT2D eigenvalue weighted by molar-refractivity contribution is 5.95. The zero-order valence-corrected chi connectivity index (χ0v) is 15.9. The summed E-state index contributed by atoms with van der Waals surface area (Å²) < 4.78 is 11.0. The Morgan fingerprint density at radius 2 is 1.81 bits per heavy atom. The van der Waals surface area contributed by atoms with E-state index in [0.717, 1.165) is 18.7 Å². The minimum atomic E-state index is -0.330. The van der Waals surface area contributed by atoms with E-state index in [9.17, 15) is 4.79 Å². The lowest BCUT2D eigenvalue weighted by atomic mass is 9.98. The highest BCUT2D eigenvalue weighted by Crippen LogP contribution is 2.33. The van der Waals surface area contributed by atoms with Gasteiger partial charge in [-0.3, -0.25) is 4.90 Å². The zero-order chi connectivity index (χ0) is 17.1. The number of benzene rings is 1. The van der Waals surface area contributed by atoms with Gasteiger partial charge in [-0.25, -0.2) is 4.79 Å². The van der Waals surface area contributed by atoms with Crippen molar-refractivity contribution < 1.29 is 14.3 Å². The van der Waals surface area contributed by atoms with Gasteiger partial charge < -0.3 is 19.7 Å². The number of nitrogens with zero attached hydrogens (tertiary/aromatic N) is 2. The molecule has 2 fully saturated rings. The number of piperidine rings is 1. The molecule has 1 atom stereocenters. The van der Waals surface area contributed by atoms with E-state index in [2.05, 4.69) is 16.3 Å². The van der Waals surface area contributed by atoms with E-state index in [1.54, 1.807) is 4.90 Å². The molecule has 4 rings (SSSR count). The minimum Gasteiger partial charge on any atom is -0.348 e. The fraction of sp³-hybridized carbons (Fsp3) is 0.632. The van der Waals surface area contributed by atoms with E-state index in [0.29, 0.717) is 19.8 Å². The van der Waals surface area contributed by atoms with Gasteiger partial charge in [0, 0.05) is 6.54 Å². The largest absolute Gasteiger partial charge is 0.348 e. The van der Waals surface area contributed by atoms with Crippen LogP contribution in [0.5, 0.6) is 0 Å². The molecule has 6 nitrogen and oxygen atoms in total. The molecule has 1 aromatic carbocycles. The summed E-state index contributed by atoms with van der Waals surface area (Å²) in [6.07, 6.45) is 4.56. The third kappa shape index (κ3) is 4.31. The summed E-state index contributed by atoms with van der Waals surface area (Å²) >= 11 is 0. The van der Waals surface area contributed by atoms with Crippen molar-refractivity contribution in [1.29, 1.82) is 0 Å². The number of para-hydroxylation sites is 1. The number of likely N-dealkylation sites (tertiary alicyclic amines) is 1. The molecule has 7 heteroatoms. The topological polar surface area (TPSA) is 54.0 Å². The number of carbonyl (C=O) groups excluding carboxylic acids is 1. The van der Waals surface area contributed by atoms with Crippen LogP contribution in [-0.4, -0.2) is 56.6 Å². The Hall–Kier alpha value is -1.34. The lowest BCUT2D eigenvalue weighted by Gasteiger charge is -2.37. The van der Waals surface area contributed by atoms with Crippen molar-refractivity contribution in [2.75, 3.05) is 44.3 Å². The summed E-state index contributed by atoms with van der Waals surface area (Å²) in [5.74, 6) is 0. The van der Waals surface area contributed by atoms with Crippen LogP contribution in [0.1, 0.15) is 37.3 Å². The third-order valence-electron chi connectivity index (χ3n) is 5.35. The van der Waals surface area contributed by atoms with Gasteiger partial charge in [0.1, 0.15) is 0 Å². The van der Waals surface area contributed by atoms with Crippen LogP contribution < -0.4 is 10.2 Å². The summed E-state index contributed by atoms with van der Waals surface area (Å²) in [4.78, 5) is 17.0. The smallest absolute Gasteiger partial charge is 0.322 e. The number of hydrogen-bond donors (Lipinski definition) is 1. The normalized spacial score (nSPS) is 24.1. The highest BCUT2D eigenvalue weighted by atomic mass is 35.5. The quantitative estimate of drug-likeness (QED) is 0.852. The molecule has 26 heavy (non-hydrogen) atoms. The predicted octanol–water partition coefficient (Wildman–Crippen LogP) is 2.93. The molecule has 0 spiro atoms. The second-order valence-electron chi connectivity index (χ2n) is 7.03. The van der Waals surface area contributed by atoms with E-state index in [4.69, 9.17) is 9.47 Å². The number of carbonyl (C=O) groups is 1. The van der Waals surface area contributed by atoms with Crippen LogP contribution in [0.4, 0.5) is 10.5 Å². The number of amides is 2. The van der Waals surface area contributed by atoms with Crippen LogP contribution in [-0.2, 0) is 9.47 Å². The molecule has 1 aromatic rings. The molecule has 2 amide bonds. The van der Waals surface area contributed by atoms with Gasteiger partial charge in [-0.2, -0.15) is 0 Å². The van der Waals surface area contributed by atoms with Crippen molar-refractivity contribution in [3.63, 3.8) is 0 Å². The maximum absolute atomic E-state index is 12.7. The molecule has 0 saturated carbocycles. The molecular formula is C19H28ClN3O3. The number of hydrogen-bond acceptors (Lipinski definition) is 4. The standard InChI is InChI=1S/C19H27N3O3.ClH/c23-19-20-16(8-11-21-9-4-1-5-10-21)15-6-2-3-7-17(15)22(19)14-18-24-12-13-25-18;/h2-3,6-7,16,18H,1,4-5,8-14H2,(H,20,23);1H. The molecule has 0 bridgehead atoms. The van der Waals surface area contributed by atoms with Gasteiger partial charge in [-0.1, -0.05) is 24.6 Å². The fourth-order valence-electron chi connectivity index (χ4n) is 4.01. The lowest BCUT2D eigenvalue weighted by Crippen LogP contribution is -2.50. The van der Waals surface area contributed by atoms with Crippen LogP contribution in [0.3, 0.4) is 0 Å². The average molecular weight is 382 g/mol. The maximum Gasteiger partial charge on any atom is 0.322 e. The lowest BCUT2D eigenvalue weighted by molar-refractivity contribution is -0.0333. The molecule has 3 heterocycles. The minimum absolute atomic E-state index is 0. The van der Waals surface area contributed by atoms with Gasteiger partial charge in [-0.05, 0) is 44.0 Å². The summed E-state index contributed by atoms with van der Waals surface area (Å²) in [6.45, 7) is 5.03. The first-order valence-electron chi connectivity index (χ1n) is 9.44. The first-order chi connectivity index (χ1) is 12.3. The number of fused-ring (bicyclic) bond motifs is 1. The average Bonchev–Trinajstić information content (AvgIpc) is 3.17. The molecule has 144 valence electrons. The Labute approximate surface area is 161 Å². The summed E-state index contributed by atoms with van der Waals surface area (Å²) in [7, 11) is 0. The molecule has 3 aliphatic rings. The fourth-order valence-corrected chi connectivity index (χ4v) is 4.01. The van der Waals surface area contributed by atoms with Crippen molar-refractivity contribution in [2.45, 2.75) is 38.0 Å². The van der Waals surface area contributed by atoms with Crippen LogP contribution in [0.15, 0.2) is 24.3 Å². The Kier molecular flexibility index (Phi) is 6.75. The van der Waals surface area contributed by atoms with E-state index in [-0.39, 0.29) is 30.8 Å². The number of halogens is 1. The van der Waals surface area contributed by atoms with Crippen LogP contribution in [0, 0.1) is 0 Å². The Morgan fingerprint density at radius 1 is 1.08 bits per heavy atom. The highest BCUT2D eigenvalue weighted by Gasteiger charge is 2.33. The van der Waals surface area contributed by atoms with Gasteiger partial charge in [-0.15, -0.1) is 12.4 Å². The van der Waals surface area contributed by atoms with Gasteiger partial charge in [0.05, 0.1) is 31.5 Å². The van der Waals surface area contributed by atoms with Crippen molar-refractivity contribution in [3.05, 3.63) is 29.8 Å². The van der Waals surface area contributed by atoms with E-state index in [1.165, 1.54) is 37.9 Å². The SMILES string of the molecule is Cl.O=C1NC(CCN2CCCCC2)c2ccccc2N1CC1OCCO1. The Morgan fingerprint density at radius 3 is 2.58 bits per heavy atom. The number of ether oxygens (including phenoxy) is 2. The maximum atomic E-state index is 12.7. The number of anilines is 1. The molecule has 0 aliphatic carbocycles. The van der Waals surface area contributed by atoms with Gasteiger partial charge in [0.25, 0.3) is 0 Å². The van der Waals surface area contributed by atoms with Crippen LogP contribution >= 0.6 is 12.4 Å². The molecule has 2 saturated heterocycles. The molecule has 3 aliphatic heterocycles. The second kappa shape index (κ2) is 9.04. The number of rotatable bonds is 5. The van der Waals surface area contributed by atoms with Crippen molar-refractivity contribution in [1.82, 2.24) is 10.2 Å². The zero-order valence-electron chi connectivity index (χ0n) is 15.1. The predicted molar refractivity (Wildman–Crippen MR) is 103 cm³/mol. The Bertz CT molecular complexity index is 603. The Balaban J connectivity index is 0.00000196. The van der Waals surface area contributed by atoms with Gasteiger partial charge in [0.15, 0.2) is 6.29 Å². The summed E-state index contributed by atoms with van der Waals surface area (Å²) in [5.41, 5.74) is 2.17. The van der Waals surface area contributed by atoms with Crippen molar-refractivity contribution in [3.8, 4) is 0 Å². The molecule has 0 radical (unpaired) electrons. The van der Waals surface area contributed by atoms with Crippen LogP contribution in [0.25, 0.3) is 0 Å². The molecule has 1 N–H and O–H groups in total. The first kappa shape index (κ1) is 19.4. The van der Waals surface area contributed by atoms with E-state index < -0.39 is 0 Å². The molecule has 0 aromatic heterocycles. The molecule has 1 unspecified atom stereocenters. The third-order valence-corrected chi connectivity index (χ3v) is 5.35. The second-order valence-corrected chi connectivity index (χ2v) is 7.03. The number of urea groups is 1. The first-order valence-corrected chi connectivity index (χ1v) is 9.44. The monoisotopic (exact) mass is 381 g/mol. The number of nitrogens with one attached hydrogen (secondary N) is 1. The van der Waals surface area contributed by atoms with Crippen molar-refractivity contribution >= 4 is 24.1 Å². The van der Waals surface area contributed by atoms with E-state index in [1.807, 2.05) is 18.2 Å². The van der Waals surface area contributed by atoms with Crippen LogP contribution in [0.2, 0.25) is 0 Å².